The first-order chi connectivity index (χ1) is 21.3. The molecule has 1 aromatic carbocycles. The number of carbonyl (C=O) groups excluding carboxylic acids is 2. The summed E-state index contributed by atoms with van der Waals surface area (Å²) in [6.45, 7) is 5.87. The molecule has 252 valence electrons. The van der Waals surface area contributed by atoms with Crippen molar-refractivity contribution in [3.63, 3.8) is 0 Å². The predicted octanol–water partition coefficient (Wildman–Crippen LogP) is 2.03. The van der Waals surface area contributed by atoms with Gasteiger partial charge >= 0.3 is 5.97 Å². The van der Waals surface area contributed by atoms with Crippen LogP contribution in [0.3, 0.4) is 0 Å². The largest absolute Gasteiger partial charge is 0.490 e. The SMILES string of the molecule is COc1cc(-c2cc(C(=O)NCCS(=O)(=O)O)nc(C(=O)NCCS(=O)(=O)O)c2)cc2c1[N+](CCCCCC(=O)O)=C(C)C2(C)C. The van der Waals surface area contributed by atoms with E-state index in [1.807, 2.05) is 26.8 Å². The van der Waals surface area contributed by atoms with Crippen LogP contribution in [0.4, 0.5) is 5.69 Å². The van der Waals surface area contributed by atoms with Crippen molar-refractivity contribution < 1.29 is 54.7 Å². The van der Waals surface area contributed by atoms with Crippen LogP contribution in [0.5, 0.6) is 5.75 Å². The van der Waals surface area contributed by atoms with Gasteiger partial charge < -0.3 is 20.5 Å². The zero-order valence-electron chi connectivity index (χ0n) is 26.0. The molecule has 0 aliphatic carbocycles. The highest BCUT2D eigenvalue weighted by molar-refractivity contribution is 7.86. The summed E-state index contributed by atoms with van der Waals surface area (Å²) in [6.07, 6.45) is 2.15. The standard InChI is InChI=1S/C29H38N4O11S2/c1-18-29(2,3)21-14-19(17-24(44-4)26(21)33(18)11-7-5-6-8-25(34)35)20-15-22(27(36)30-9-12-45(38,39)40)32-23(16-20)28(37)31-10-13-46(41,42)43/h14-17H,5-13H2,1-4H3,(H4-,30,31,34,35,36,37,38,39,40,41,42,43)/p+1. The lowest BCUT2D eigenvalue weighted by molar-refractivity contribution is -0.440. The van der Waals surface area contributed by atoms with E-state index >= 15 is 0 Å². The zero-order chi connectivity index (χ0) is 34.4. The van der Waals surface area contributed by atoms with Gasteiger partial charge in [-0.1, -0.05) is 0 Å². The van der Waals surface area contributed by atoms with Crippen molar-refractivity contribution in [1.82, 2.24) is 15.6 Å². The number of aromatic nitrogens is 1. The third-order valence-electron chi connectivity index (χ3n) is 7.73. The number of rotatable bonds is 16. The molecule has 0 bridgehead atoms. The van der Waals surface area contributed by atoms with Gasteiger partial charge in [-0.3, -0.25) is 23.5 Å². The van der Waals surface area contributed by atoms with Gasteiger partial charge in [0.2, 0.25) is 0 Å². The molecule has 0 saturated carbocycles. The van der Waals surface area contributed by atoms with Crippen LogP contribution >= 0.6 is 0 Å². The Morgan fingerprint density at radius 2 is 1.39 bits per heavy atom. The van der Waals surface area contributed by atoms with Crippen molar-refractivity contribution in [2.75, 3.05) is 38.2 Å². The molecular formula is C29H39N4O11S2+. The molecule has 2 aromatic rings. The molecule has 17 heteroatoms. The number of methoxy groups -OCH3 is 1. The molecule has 1 aliphatic rings. The first kappa shape index (κ1) is 36.5. The Kier molecular flexibility index (Phi) is 11.6. The number of carbonyl (C=O) groups is 3. The highest BCUT2D eigenvalue weighted by atomic mass is 32.2. The van der Waals surface area contributed by atoms with Crippen LogP contribution in [0.25, 0.3) is 11.1 Å². The molecule has 5 N–H and O–H groups in total. The maximum atomic E-state index is 13.0. The van der Waals surface area contributed by atoms with E-state index in [1.165, 1.54) is 19.2 Å². The molecule has 46 heavy (non-hydrogen) atoms. The van der Waals surface area contributed by atoms with E-state index in [4.69, 9.17) is 18.9 Å². The van der Waals surface area contributed by atoms with Gasteiger partial charge in [0.25, 0.3) is 37.7 Å². The number of benzene rings is 1. The summed E-state index contributed by atoms with van der Waals surface area (Å²) < 4.78 is 70.4. The number of nitrogens with one attached hydrogen (secondary N) is 2. The van der Waals surface area contributed by atoms with Crippen molar-refractivity contribution in [2.45, 2.75) is 51.9 Å². The molecule has 1 aliphatic heterocycles. The molecule has 0 radical (unpaired) electrons. The fourth-order valence-corrected chi connectivity index (χ4v) is 5.81. The summed E-state index contributed by atoms with van der Waals surface area (Å²) in [5.41, 5.74) is 2.75. The molecule has 3 rings (SSSR count). The number of nitrogens with zero attached hydrogens (tertiary/aromatic N) is 2. The number of ether oxygens (including phenoxy) is 1. The Hall–Kier alpha value is -3.93. The molecule has 0 spiro atoms. The van der Waals surface area contributed by atoms with Crippen LogP contribution in [0.15, 0.2) is 24.3 Å². The van der Waals surface area contributed by atoms with Crippen LogP contribution in [-0.2, 0) is 30.4 Å². The molecule has 0 atom stereocenters. The number of pyridine rings is 1. The number of fused-ring (bicyclic) bond motifs is 1. The lowest BCUT2D eigenvalue weighted by Crippen LogP contribution is -2.32. The maximum Gasteiger partial charge on any atom is 0.303 e. The molecule has 15 nitrogen and oxygen atoms in total. The van der Waals surface area contributed by atoms with Gasteiger partial charge in [-0.05, 0) is 62.1 Å². The van der Waals surface area contributed by atoms with E-state index in [1.54, 1.807) is 6.07 Å². The van der Waals surface area contributed by atoms with Crippen LogP contribution in [-0.4, -0.2) is 102 Å². The predicted molar refractivity (Wildman–Crippen MR) is 168 cm³/mol. The average Bonchev–Trinajstić information content (AvgIpc) is 3.15. The minimum absolute atomic E-state index is 0.102. The van der Waals surface area contributed by atoms with Gasteiger partial charge in [-0.15, -0.1) is 0 Å². The number of amides is 2. The van der Waals surface area contributed by atoms with Crippen LogP contribution in [0, 0.1) is 0 Å². The van der Waals surface area contributed by atoms with Gasteiger partial charge in [0.05, 0.1) is 24.0 Å². The summed E-state index contributed by atoms with van der Waals surface area (Å²) in [7, 11) is -7.20. The van der Waals surface area contributed by atoms with Crippen molar-refractivity contribution in [3.8, 4) is 16.9 Å². The van der Waals surface area contributed by atoms with Crippen molar-refractivity contribution in [3.05, 3.63) is 41.2 Å². The maximum absolute atomic E-state index is 13.0. The van der Waals surface area contributed by atoms with Gasteiger partial charge in [0.1, 0.15) is 17.9 Å². The summed E-state index contributed by atoms with van der Waals surface area (Å²) >= 11 is 0. The molecule has 0 fully saturated rings. The topological polar surface area (TPSA) is 229 Å². The minimum atomic E-state index is -4.36. The molecule has 2 amide bonds. The van der Waals surface area contributed by atoms with Crippen LogP contribution in [0.1, 0.15) is 73.0 Å². The molecule has 0 saturated heterocycles. The Morgan fingerprint density at radius 1 is 0.870 bits per heavy atom. The first-order valence-corrected chi connectivity index (χ1v) is 17.6. The monoisotopic (exact) mass is 683 g/mol. The van der Waals surface area contributed by atoms with Crippen molar-refractivity contribution >= 4 is 49.4 Å². The van der Waals surface area contributed by atoms with E-state index < -0.39 is 68.0 Å². The fraction of sp³-hybridized carbons (Fsp3) is 0.483. The number of hydrogen-bond acceptors (Lipinski definition) is 9. The number of unbranched alkanes of at least 4 members (excludes halogenated alkanes) is 2. The van der Waals surface area contributed by atoms with Gasteiger partial charge in [0, 0.05) is 38.4 Å². The molecule has 2 heterocycles. The van der Waals surface area contributed by atoms with E-state index in [0.29, 0.717) is 29.8 Å². The number of carboxylic acid groups (broad SMARTS) is 1. The van der Waals surface area contributed by atoms with Crippen molar-refractivity contribution in [1.29, 1.82) is 0 Å². The highest BCUT2D eigenvalue weighted by Gasteiger charge is 2.45. The molecule has 1 aromatic heterocycles. The number of aliphatic carboxylic acids is 1. The summed E-state index contributed by atoms with van der Waals surface area (Å²) in [5.74, 6) is -3.47. The van der Waals surface area contributed by atoms with E-state index in [9.17, 15) is 31.2 Å². The number of hydrogen-bond donors (Lipinski definition) is 5. The Balaban J connectivity index is 2.05. The molecular weight excluding hydrogens is 644 g/mol. The van der Waals surface area contributed by atoms with E-state index in [-0.39, 0.29) is 17.8 Å². The highest BCUT2D eigenvalue weighted by Crippen LogP contribution is 2.47. The summed E-state index contributed by atoms with van der Waals surface area (Å²) in [6, 6.07) is 6.44. The molecule has 0 unspecified atom stereocenters. The lowest BCUT2D eigenvalue weighted by atomic mass is 9.81. The van der Waals surface area contributed by atoms with E-state index in [2.05, 4.69) is 20.2 Å². The quantitative estimate of drug-likeness (QED) is 0.0973. The Morgan fingerprint density at radius 3 is 1.87 bits per heavy atom. The Labute approximate surface area is 267 Å². The summed E-state index contributed by atoms with van der Waals surface area (Å²) in [4.78, 5) is 40.9. The van der Waals surface area contributed by atoms with Gasteiger partial charge in [0.15, 0.2) is 11.5 Å². The Bertz CT molecular complexity index is 1700. The minimum Gasteiger partial charge on any atom is -0.490 e. The van der Waals surface area contributed by atoms with Gasteiger partial charge in [-0.25, -0.2) is 4.98 Å². The third-order valence-corrected chi connectivity index (χ3v) is 9.18. The fourth-order valence-electron chi connectivity index (χ4n) is 5.09. The second-order valence-corrected chi connectivity index (χ2v) is 14.5. The third kappa shape index (κ3) is 9.54. The smallest absolute Gasteiger partial charge is 0.303 e. The zero-order valence-corrected chi connectivity index (χ0v) is 27.6. The van der Waals surface area contributed by atoms with Crippen LogP contribution < -0.4 is 15.4 Å². The first-order valence-electron chi connectivity index (χ1n) is 14.4. The van der Waals surface area contributed by atoms with Gasteiger partial charge in [-0.2, -0.15) is 21.4 Å². The number of carboxylic acids is 1. The second kappa shape index (κ2) is 14.7. The lowest BCUT2D eigenvalue weighted by Gasteiger charge is -2.17. The second-order valence-electron chi connectivity index (χ2n) is 11.4. The normalized spacial score (nSPS) is 14.1. The summed E-state index contributed by atoms with van der Waals surface area (Å²) in [5, 5.41) is 13.6. The average molecular weight is 684 g/mol. The van der Waals surface area contributed by atoms with Crippen molar-refractivity contribution in [2.24, 2.45) is 0 Å². The van der Waals surface area contributed by atoms with E-state index in [0.717, 1.165) is 29.8 Å². The van der Waals surface area contributed by atoms with Crippen LogP contribution in [0.2, 0.25) is 0 Å².